The molecule has 1 aliphatic heterocycles. The van der Waals surface area contributed by atoms with Crippen LogP contribution in [0.25, 0.3) is 0 Å². The summed E-state index contributed by atoms with van der Waals surface area (Å²) < 4.78 is 5.88. The minimum absolute atomic E-state index is 0.584. The lowest BCUT2D eigenvalue weighted by Crippen LogP contribution is -2.36. The molecule has 0 aromatic carbocycles. The molecular weight excluding hydrogens is 276 g/mol. The summed E-state index contributed by atoms with van der Waals surface area (Å²) in [6.07, 6.45) is 5.66. The Labute approximate surface area is 131 Å². The molecule has 3 heterocycles. The quantitative estimate of drug-likeness (QED) is 0.868. The third-order valence-electron chi connectivity index (χ3n) is 4.15. The summed E-state index contributed by atoms with van der Waals surface area (Å²) in [6, 6.07) is 6.01. The van der Waals surface area contributed by atoms with E-state index in [1.165, 1.54) is 0 Å². The molecule has 22 heavy (non-hydrogen) atoms. The molecule has 0 unspecified atom stereocenters. The second-order valence-electron chi connectivity index (χ2n) is 5.88. The summed E-state index contributed by atoms with van der Waals surface area (Å²) in [4.78, 5) is 15.1. The van der Waals surface area contributed by atoms with Gasteiger partial charge in [-0.2, -0.15) is 0 Å². The number of pyridine rings is 1. The summed E-state index contributed by atoms with van der Waals surface area (Å²) in [5.41, 5.74) is 2.11. The highest BCUT2D eigenvalue weighted by Crippen LogP contribution is 2.23. The van der Waals surface area contributed by atoms with Gasteiger partial charge < -0.3 is 9.64 Å². The number of aromatic nitrogens is 3. The minimum atomic E-state index is 0.584. The molecular formula is C17H22N4O. The second kappa shape index (κ2) is 6.73. The molecule has 0 saturated carbocycles. The van der Waals surface area contributed by atoms with Crippen LogP contribution in [0.3, 0.4) is 0 Å². The molecule has 0 N–H and O–H groups in total. The van der Waals surface area contributed by atoms with Gasteiger partial charge >= 0.3 is 0 Å². The van der Waals surface area contributed by atoms with Crippen LogP contribution in [0, 0.1) is 19.8 Å². The van der Waals surface area contributed by atoms with Crippen LogP contribution >= 0.6 is 0 Å². The van der Waals surface area contributed by atoms with Crippen LogP contribution in [0.4, 0.5) is 5.82 Å². The molecule has 2 aromatic heterocycles. The first kappa shape index (κ1) is 14.8. The fraction of sp³-hybridized carbons (Fsp3) is 0.471. The van der Waals surface area contributed by atoms with Crippen molar-refractivity contribution in [1.29, 1.82) is 0 Å². The van der Waals surface area contributed by atoms with E-state index in [0.717, 1.165) is 55.5 Å². The second-order valence-corrected chi connectivity index (χ2v) is 5.88. The van der Waals surface area contributed by atoms with E-state index in [1.54, 1.807) is 12.5 Å². The van der Waals surface area contributed by atoms with Gasteiger partial charge in [0.15, 0.2) is 0 Å². The normalized spacial score (nSPS) is 15.8. The molecule has 0 amide bonds. The van der Waals surface area contributed by atoms with Crippen molar-refractivity contribution in [2.24, 2.45) is 5.92 Å². The van der Waals surface area contributed by atoms with Crippen molar-refractivity contribution < 1.29 is 4.74 Å². The maximum absolute atomic E-state index is 5.88. The zero-order valence-corrected chi connectivity index (χ0v) is 13.2. The lowest BCUT2D eigenvalue weighted by Gasteiger charge is -2.32. The third-order valence-corrected chi connectivity index (χ3v) is 4.15. The van der Waals surface area contributed by atoms with Gasteiger partial charge in [-0.1, -0.05) is 6.07 Å². The molecule has 116 valence electrons. The average Bonchev–Trinajstić information content (AvgIpc) is 2.55. The predicted octanol–water partition coefficient (Wildman–Crippen LogP) is 2.78. The Hall–Kier alpha value is -2.17. The zero-order valence-electron chi connectivity index (χ0n) is 13.2. The maximum atomic E-state index is 5.88. The van der Waals surface area contributed by atoms with Crippen LogP contribution in [-0.4, -0.2) is 34.6 Å². The van der Waals surface area contributed by atoms with E-state index in [9.17, 15) is 0 Å². The zero-order chi connectivity index (χ0) is 15.4. The van der Waals surface area contributed by atoms with Gasteiger partial charge in [-0.3, -0.25) is 0 Å². The number of ether oxygens (including phenoxy) is 1. The molecule has 1 saturated heterocycles. The van der Waals surface area contributed by atoms with Crippen molar-refractivity contribution in [3.8, 4) is 5.88 Å². The first-order valence-corrected chi connectivity index (χ1v) is 7.80. The van der Waals surface area contributed by atoms with Crippen molar-refractivity contribution >= 4 is 5.82 Å². The molecule has 0 spiro atoms. The molecule has 2 aromatic rings. The third kappa shape index (κ3) is 3.53. The average molecular weight is 298 g/mol. The monoisotopic (exact) mass is 298 g/mol. The molecule has 0 bridgehead atoms. The van der Waals surface area contributed by atoms with Gasteiger partial charge in [0.05, 0.1) is 6.61 Å². The van der Waals surface area contributed by atoms with Crippen molar-refractivity contribution in [3.63, 3.8) is 0 Å². The van der Waals surface area contributed by atoms with Crippen molar-refractivity contribution in [3.05, 3.63) is 42.0 Å². The van der Waals surface area contributed by atoms with Crippen LogP contribution in [0.15, 0.2) is 30.7 Å². The number of aryl methyl sites for hydroxylation is 2. The van der Waals surface area contributed by atoms with Gasteiger partial charge in [0.25, 0.3) is 0 Å². The van der Waals surface area contributed by atoms with Crippen molar-refractivity contribution in [1.82, 2.24) is 15.0 Å². The first-order valence-electron chi connectivity index (χ1n) is 7.80. The number of anilines is 1. The highest BCUT2D eigenvalue weighted by molar-refractivity contribution is 5.39. The Morgan fingerprint density at radius 3 is 2.73 bits per heavy atom. The molecule has 0 radical (unpaired) electrons. The SMILES string of the molecule is Cc1cc(N2CCC(COc3ncccc3C)CC2)ncn1. The predicted molar refractivity (Wildman–Crippen MR) is 86.2 cm³/mol. The van der Waals surface area contributed by atoms with Crippen LogP contribution in [0.1, 0.15) is 24.1 Å². The Balaban J connectivity index is 1.51. The van der Waals surface area contributed by atoms with Crippen LogP contribution in [-0.2, 0) is 0 Å². The molecule has 1 aliphatic rings. The topological polar surface area (TPSA) is 51.1 Å². The smallest absolute Gasteiger partial charge is 0.216 e. The van der Waals surface area contributed by atoms with Gasteiger partial charge in [0, 0.05) is 36.6 Å². The van der Waals surface area contributed by atoms with Crippen molar-refractivity contribution in [2.75, 3.05) is 24.6 Å². The van der Waals surface area contributed by atoms with Gasteiger partial charge in [-0.05, 0) is 38.7 Å². The fourth-order valence-corrected chi connectivity index (χ4v) is 2.76. The first-order chi connectivity index (χ1) is 10.7. The lowest BCUT2D eigenvalue weighted by molar-refractivity contribution is 0.214. The maximum Gasteiger partial charge on any atom is 0.216 e. The van der Waals surface area contributed by atoms with E-state index in [2.05, 4.69) is 19.9 Å². The Bertz CT molecular complexity index is 624. The highest BCUT2D eigenvalue weighted by atomic mass is 16.5. The molecule has 5 nitrogen and oxygen atoms in total. The summed E-state index contributed by atoms with van der Waals surface area (Å²) >= 11 is 0. The van der Waals surface area contributed by atoms with E-state index >= 15 is 0 Å². The number of hydrogen-bond donors (Lipinski definition) is 0. The standard InChI is InChI=1S/C17H22N4O/c1-13-4-3-7-18-17(13)22-11-15-5-8-21(9-6-15)16-10-14(2)19-12-20-16/h3-4,7,10,12,15H,5-6,8-9,11H2,1-2H3. The molecule has 1 fully saturated rings. The van der Waals surface area contributed by atoms with E-state index < -0.39 is 0 Å². The molecule has 5 heteroatoms. The number of piperidine rings is 1. The number of hydrogen-bond acceptors (Lipinski definition) is 5. The Morgan fingerprint density at radius 2 is 2.00 bits per heavy atom. The Kier molecular flexibility index (Phi) is 4.51. The lowest BCUT2D eigenvalue weighted by atomic mass is 9.98. The number of nitrogens with zero attached hydrogens (tertiary/aromatic N) is 4. The van der Waals surface area contributed by atoms with Crippen molar-refractivity contribution in [2.45, 2.75) is 26.7 Å². The van der Waals surface area contributed by atoms with Crippen LogP contribution < -0.4 is 9.64 Å². The molecule has 3 rings (SSSR count). The minimum Gasteiger partial charge on any atom is -0.477 e. The van der Waals surface area contributed by atoms with Gasteiger partial charge in [-0.15, -0.1) is 0 Å². The van der Waals surface area contributed by atoms with Gasteiger partial charge in [-0.25, -0.2) is 15.0 Å². The van der Waals surface area contributed by atoms with E-state index in [0.29, 0.717) is 5.92 Å². The van der Waals surface area contributed by atoms with Gasteiger partial charge in [0.2, 0.25) is 5.88 Å². The van der Waals surface area contributed by atoms with Crippen LogP contribution in [0.5, 0.6) is 5.88 Å². The van der Waals surface area contributed by atoms with Crippen LogP contribution in [0.2, 0.25) is 0 Å². The molecule has 0 aliphatic carbocycles. The largest absolute Gasteiger partial charge is 0.477 e. The molecule has 0 atom stereocenters. The van der Waals surface area contributed by atoms with E-state index in [-0.39, 0.29) is 0 Å². The number of rotatable bonds is 4. The summed E-state index contributed by atoms with van der Waals surface area (Å²) in [5.74, 6) is 2.38. The summed E-state index contributed by atoms with van der Waals surface area (Å²) in [5, 5.41) is 0. The fourth-order valence-electron chi connectivity index (χ4n) is 2.76. The Morgan fingerprint density at radius 1 is 1.18 bits per heavy atom. The highest BCUT2D eigenvalue weighted by Gasteiger charge is 2.21. The van der Waals surface area contributed by atoms with E-state index in [1.807, 2.05) is 32.0 Å². The van der Waals surface area contributed by atoms with E-state index in [4.69, 9.17) is 4.74 Å². The van der Waals surface area contributed by atoms with Gasteiger partial charge in [0.1, 0.15) is 12.1 Å². The summed E-state index contributed by atoms with van der Waals surface area (Å²) in [6.45, 7) is 6.81. The summed E-state index contributed by atoms with van der Waals surface area (Å²) in [7, 11) is 0.